The quantitative estimate of drug-likeness (QED) is 0.694. The highest BCUT2D eigenvalue weighted by Gasteiger charge is 2.13. The Bertz CT molecular complexity index is 775. The molecule has 144 valence electrons. The van der Waals surface area contributed by atoms with Crippen LogP contribution in [0.2, 0.25) is 0 Å². The standard InChI is InChI=1S/C20H27N5O2/c1-15-11-16(5-6-17(15)27-2)12-20(26)22-8-7-21-18-13-19(24-14-23-18)25-9-3-4-10-25/h5-6,11,13-14H,3-4,7-10,12H2,1-2H3,(H,22,26)(H,21,23,24). The summed E-state index contributed by atoms with van der Waals surface area (Å²) in [6.07, 6.45) is 4.37. The lowest BCUT2D eigenvalue weighted by Gasteiger charge is -2.16. The van der Waals surface area contributed by atoms with E-state index in [-0.39, 0.29) is 5.91 Å². The second kappa shape index (κ2) is 9.21. The molecule has 1 aliphatic rings. The number of carbonyl (C=O) groups is 1. The van der Waals surface area contributed by atoms with E-state index in [1.165, 1.54) is 12.8 Å². The molecule has 2 N–H and O–H groups in total. The zero-order valence-corrected chi connectivity index (χ0v) is 16.0. The maximum Gasteiger partial charge on any atom is 0.224 e. The third-order valence-electron chi connectivity index (χ3n) is 4.66. The van der Waals surface area contributed by atoms with Crippen molar-refractivity contribution in [2.24, 2.45) is 0 Å². The van der Waals surface area contributed by atoms with E-state index in [4.69, 9.17) is 4.74 Å². The third kappa shape index (κ3) is 5.32. The number of ether oxygens (including phenoxy) is 1. The number of methoxy groups -OCH3 is 1. The zero-order valence-electron chi connectivity index (χ0n) is 16.0. The van der Waals surface area contributed by atoms with Crippen LogP contribution in [0, 0.1) is 6.92 Å². The molecular formula is C20H27N5O2. The molecule has 0 unspecified atom stereocenters. The van der Waals surface area contributed by atoms with Crippen LogP contribution in [-0.2, 0) is 11.2 Å². The number of hydrogen-bond donors (Lipinski definition) is 2. The maximum atomic E-state index is 12.1. The molecule has 3 rings (SSSR count). The lowest BCUT2D eigenvalue weighted by molar-refractivity contribution is -0.120. The first-order chi connectivity index (χ1) is 13.2. The first-order valence-electron chi connectivity index (χ1n) is 9.37. The van der Waals surface area contributed by atoms with Crippen molar-refractivity contribution in [2.45, 2.75) is 26.2 Å². The summed E-state index contributed by atoms with van der Waals surface area (Å²) >= 11 is 0. The molecule has 0 saturated carbocycles. The van der Waals surface area contributed by atoms with E-state index >= 15 is 0 Å². The second-order valence-electron chi connectivity index (χ2n) is 6.71. The Kier molecular flexibility index (Phi) is 6.46. The SMILES string of the molecule is COc1ccc(CC(=O)NCCNc2cc(N3CCCC3)ncn2)cc1C. The van der Waals surface area contributed by atoms with Gasteiger partial charge >= 0.3 is 0 Å². The number of aromatic nitrogens is 2. The van der Waals surface area contributed by atoms with Crippen LogP contribution in [0.15, 0.2) is 30.6 Å². The molecule has 1 aromatic heterocycles. The molecule has 7 nitrogen and oxygen atoms in total. The summed E-state index contributed by atoms with van der Waals surface area (Å²) in [6.45, 7) is 5.23. The summed E-state index contributed by atoms with van der Waals surface area (Å²) in [5.41, 5.74) is 2.01. The van der Waals surface area contributed by atoms with Crippen molar-refractivity contribution in [1.82, 2.24) is 15.3 Å². The number of nitrogens with one attached hydrogen (secondary N) is 2. The van der Waals surface area contributed by atoms with Crippen molar-refractivity contribution < 1.29 is 9.53 Å². The molecule has 27 heavy (non-hydrogen) atoms. The smallest absolute Gasteiger partial charge is 0.224 e. The van der Waals surface area contributed by atoms with E-state index in [9.17, 15) is 4.79 Å². The predicted molar refractivity (Wildman–Crippen MR) is 106 cm³/mol. The van der Waals surface area contributed by atoms with Crippen LogP contribution in [0.1, 0.15) is 24.0 Å². The molecular weight excluding hydrogens is 342 g/mol. The number of benzene rings is 1. The van der Waals surface area contributed by atoms with E-state index in [1.807, 2.05) is 31.2 Å². The molecule has 0 bridgehead atoms. The van der Waals surface area contributed by atoms with Crippen molar-refractivity contribution in [3.8, 4) is 5.75 Å². The second-order valence-corrected chi connectivity index (χ2v) is 6.71. The molecule has 0 aliphatic carbocycles. The molecule has 1 aromatic carbocycles. The Hall–Kier alpha value is -2.83. The summed E-state index contributed by atoms with van der Waals surface area (Å²) in [5.74, 6) is 2.58. The van der Waals surface area contributed by atoms with Crippen LogP contribution in [0.25, 0.3) is 0 Å². The minimum Gasteiger partial charge on any atom is -0.496 e. The average molecular weight is 369 g/mol. The fourth-order valence-corrected chi connectivity index (χ4v) is 3.25. The van der Waals surface area contributed by atoms with Gasteiger partial charge < -0.3 is 20.3 Å². The van der Waals surface area contributed by atoms with E-state index < -0.39 is 0 Å². The van der Waals surface area contributed by atoms with Gasteiger partial charge in [-0.15, -0.1) is 0 Å². The fraction of sp³-hybridized carbons (Fsp3) is 0.450. The van der Waals surface area contributed by atoms with Crippen molar-refractivity contribution in [1.29, 1.82) is 0 Å². The van der Waals surface area contributed by atoms with Gasteiger partial charge in [0.1, 0.15) is 23.7 Å². The Morgan fingerprint density at radius 3 is 2.74 bits per heavy atom. The van der Waals surface area contributed by atoms with Gasteiger partial charge in [-0.1, -0.05) is 12.1 Å². The number of anilines is 2. The normalized spacial score (nSPS) is 13.5. The Labute approximate surface area is 160 Å². The predicted octanol–water partition coefficient (Wildman–Crippen LogP) is 2.16. The van der Waals surface area contributed by atoms with Gasteiger partial charge in [0.05, 0.1) is 13.5 Å². The van der Waals surface area contributed by atoms with Crippen molar-refractivity contribution in [3.05, 3.63) is 41.7 Å². The lowest BCUT2D eigenvalue weighted by atomic mass is 10.1. The Balaban J connectivity index is 1.41. The maximum absolute atomic E-state index is 12.1. The molecule has 0 atom stereocenters. The van der Waals surface area contributed by atoms with Gasteiger partial charge in [0.15, 0.2) is 0 Å². The van der Waals surface area contributed by atoms with Crippen LogP contribution in [0.5, 0.6) is 5.75 Å². The topological polar surface area (TPSA) is 79.4 Å². The number of hydrogen-bond acceptors (Lipinski definition) is 6. The number of amides is 1. The summed E-state index contributed by atoms with van der Waals surface area (Å²) in [5, 5.41) is 6.18. The largest absolute Gasteiger partial charge is 0.496 e. The highest BCUT2D eigenvalue weighted by Crippen LogP contribution is 2.19. The molecule has 1 amide bonds. The average Bonchev–Trinajstić information content (AvgIpc) is 3.21. The number of carbonyl (C=O) groups excluding carboxylic acids is 1. The van der Waals surface area contributed by atoms with Gasteiger partial charge in [-0.3, -0.25) is 4.79 Å². The summed E-state index contributed by atoms with van der Waals surface area (Å²) in [6, 6.07) is 7.77. The van der Waals surface area contributed by atoms with E-state index in [0.29, 0.717) is 19.5 Å². The first kappa shape index (κ1) is 18.9. The van der Waals surface area contributed by atoms with Gasteiger partial charge in [0.25, 0.3) is 0 Å². The molecule has 1 aliphatic heterocycles. The molecule has 2 heterocycles. The molecule has 2 aromatic rings. The van der Waals surface area contributed by atoms with Crippen LogP contribution in [-0.4, -0.2) is 49.2 Å². The van der Waals surface area contributed by atoms with Crippen LogP contribution >= 0.6 is 0 Å². The summed E-state index contributed by atoms with van der Waals surface area (Å²) in [7, 11) is 1.65. The van der Waals surface area contributed by atoms with Crippen LogP contribution in [0.3, 0.4) is 0 Å². The third-order valence-corrected chi connectivity index (χ3v) is 4.66. The fourth-order valence-electron chi connectivity index (χ4n) is 3.25. The van der Waals surface area contributed by atoms with Crippen molar-refractivity contribution in [2.75, 3.05) is 43.5 Å². The summed E-state index contributed by atoms with van der Waals surface area (Å²) < 4.78 is 5.25. The van der Waals surface area contributed by atoms with Gasteiger partial charge in [-0.2, -0.15) is 0 Å². The van der Waals surface area contributed by atoms with Gasteiger partial charge in [0.2, 0.25) is 5.91 Å². The molecule has 0 spiro atoms. The van der Waals surface area contributed by atoms with E-state index in [1.54, 1.807) is 13.4 Å². The van der Waals surface area contributed by atoms with E-state index in [2.05, 4.69) is 25.5 Å². The summed E-state index contributed by atoms with van der Waals surface area (Å²) in [4.78, 5) is 23.0. The van der Waals surface area contributed by atoms with Crippen LogP contribution in [0.4, 0.5) is 11.6 Å². The highest BCUT2D eigenvalue weighted by molar-refractivity contribution is 5.78. The number of nitrogens with zero attached hydrogens (tertiary/aromatic N) is 3. The van der Waals surface area contributed by atoms with Gasteiger partial charge in [-0.25, -0.2) is 9.97 Å². The van der Waals surface area contributed by atoms with Gasteiger partial charge in [-0.05, 0) is 37.0 Å². The molecule has 0 radical (unpaired) electrons. The molecule has 1 fully saturated rings. The first-order valence-corrected chi connectivity index (χ1v) is 9.37. The molecule has 7 heteroatoms. The highest BCUT2D eigenvalue weighted by atomic mass is 16.5. The minimum absolute atomic E-state index is 0.00168. The van der Waals surface area contributed by atoms with Crippen LogP contribution < -0.4 is 20.3 Å². The van der Waals surface area contributed by atoms with Crippen molar-refractivity contribution in [3.63, 3.8) is 0 Å². The monoisotopic (exact) mass is 369 g/mol. The van der Waals surface area contributed by atoms with Gasteiger partial charge in [0, 0.05) is 32.2 Å². The minimum atomic E-state index is 0.00168. The number of aryl methyl sites for hydroxylation is 1. The Morgan fingerprint density at radius 2 is 2.00 bits per heavy atom. The van der Waals surface area contributed by atoms with E-state index in [0.717, 1.165) is 41.6 Å². The van der Waals surface area contributed by atoms with Crippen molar-refractivity contribution >= 4 is 17.5 Å². The zero-order chi connectivity index (χ0) is 19.1. The Morgan fingerprint density at radius 1 is 1.19 bits per heavy atom. The number of rotatable bonds is 8. The lowest BCUT2D eigenvalue weighted by Crippen LogP contribution is -2.30. The molecule has 1 saturated heterocycles.